The number of benzene rings is 2. The first kappa shape index (κ1) is 31.8. The minimum absolute atomic E-state index is 0. The number of thiazole rings is 1. The summed E-state index contributed by atoms with van der Waals surface area (Å²) >= 11 is 1.18. The quantitative estimate of drug-likeness (QED) is 0.151. The summed E-state index contributed by atoms with van der Waals surface area (Å²) in [5.74, 6) is -1.62. The number of carbonyl (C=O) groups is 1. The van der Waals surface area contributed by atoms with Crippen molar-refractivity contribution in [1.29, 1.82) is 0 Å². The van der Waals surface area contributed by atoms with Gasteiger partial charge in [0.25, 0.3) is 0 Å². The minimum Gasteiger partial charge on any atom is -0.870 e. The summed E-state index contributed by atoms with van der Waals surface area (Å²) in [5, 5.41) is 21.9. The lowest BCUT2D eigenvalue weighted by atomic mass is 9.77. The summed E-state index contributed by atoms with van der Waals surface area (Å²) in [5.41, 5.74) is 5.27. The van der Waals surface area contributed by atoms with Gasteiger partial charge in [-0.05, 0) is 91.3 Å². The van der Waals surface area contributed by atoms with Gasteiger partial charge in [-0.3, -0.25) is 0 Å². The average Bonchev–Trinajstić information content (AvgIpc) is 3.51. The number of thiol groups is 1. The Labute approximate surface area is 260 Å². The first-order valence-corrected chi connectivity index (χ1v) is 16.5. The molecule has 0 spiro atoms. The molecule has 2 heterocycles. The van der Waals surface area contributed by atoms with Crippen molar-refractivity contribution in [3.05, 3.63) is 87.6 Å². The van der Waals surface area contributed by atoms with Gasteiger partial charge in [-0.2, -0.15) is 5.10 Å². The molecule has 0 saturated heterocycles. The predicted molar refractivity (Wildman–Crippen MR) is 167 cm³/mol. The third-order valence-corrected chi connectivity index (χ3v) is 10.0. The molecule has 0 aliphatic heterocycles. The fourth-order valence-electron chi connectivity index (χ4n) is 5.61. The number of nitrogens with two attached hydrogens (primary N) is 1. The van der Waals surface area contributed by atoms with E-state index in [-0.39, 0.29) is 27.3 Å². The highest BCUT2D eigenvalue weighted by Crippen LogP contribution is 2.41. The second kappa shape index (κ2) is 12.4. The molecule has 2 aromatic heterocycles. The fraction of sp³-hybridized carbons (Fsp3) is 0.344. The van der Waals surface area contributed by atoms with Gasteiger partial charge in [0, 0.05) is 28.5 Å². The van der Waals surface area contributed by atoms with Gasteiger partial charge >= 0.3 is 5.97 Å². The van der Waals surface area contributed by atoms with Crippen LogP contribution in [-0.4, -0.2) is 31.3 Å². The van der Waals surface area contributed by atoms with E-state index in [0.29, 0.717) is 46.3 Å². The molecule has 1 saturated carbocycles. The van der Waals surface area contributed by atoms with E-state index in [1.165, 1.54) is 34.9 Å². The van der Waals surface area contributed by atoms with Crippen LogP contribution in [0.25, 0.3) is 22.0 Å². The van der Waals surface area contributed by atoms with E-state index in [1.54, 1.807) is 16.8 Å². The van der Waals surface area contributed by atoms with Gasteiger partial charge in [-0.15, -0.1) is 16.5 Å². The summed E-state index contributed by atoms with van der Waals surface area (Å²) in [4.78, 5) is 15.9. The summed E-state index contributed by atoms with van der Waals surface area (Å²) in [6.07, 6.45) is 7.84. The number of aromatic carboxylic acids is 1. The van der Waals surface area contributed by atoms with Gasteiger partial charge < -0.3 is 10.6 Å². The van der Waals surface area contributed by atoms with Crippen LogP contribution < -0.4 is 5.14 Å². The van der Waals surface area contributed by atoms with Gasteiger partial charge in [0.05, 0.1) is 11.4 Å². The Hall–Kier alpha value is -3.58. The van der Waals surface area contributed by atoms with Crippen LogP contribution in [0.1, 0.15) is 78.8 Å². The van der Waals surface area contributed by atoms with Crippen LogP contribution in [0.3, 0.4) is 0 Å². The smallest absolute Gasteiger partial charge is 0.355 e. The number of halogens is 2. The number of carboxylic acid groups (broad SMARTS) is 1. The molecular weight excluding hydrogens is 607 g/mol. The molecule has 1 atom stereocenters. The van der Waals surface area contributed by atoms with E-state index in [2.05, 4.69) is 24.9 Å². The number of nitrogens with zero attached hydrogens (tertiary/aromatic N) is 3. The molecule has 12 heteroatoms. The fourth-order valence-corrected chi connectivity index (χ4v) is 6.88. The molecule has 0 bridgehead atoms. The molecule has 4 aromatic rings. The summed E-state index contributed by atoms with van der Waals surface area (Å²) in [7, 11) is -2.33. The normalized spacial score (nSPS) is 16.7. The maximum atomic E-state index is 15.3. The van der Waals surface area contributed by atoms with Crippen LogP contribution in [0.2, 0.25) is 0 Å². The molecule has 44 heavy (non-hydrogen) atoms. The Balaban J connectivity index is 0.00000384. The van der Waals surface area contributed by atoms with Gasteiger partial charge in [0.15, 0.2) is 22.5 Å². The first-order valence-electron chi connectivity index (χ1n) is 14.3. The van der Waals surface area contributed by atoms with E-state index < -0.39 is 22.8 Å². The number of carboxylic acids is 1. The lowest BCUT2D eigenvalue weighted by Crippen LogP contribution is -2.14. The van der Waals surface area contributed by atoms with Crippen molar-refractivity contribution < 1.29 is 28.4 Å². The van der Waals surface area contributed by atoms with Crippen LogP contribution in [-0.2, 0) is 28.0 Å². The highest BCUT2D eigenvalue weighted by atomic mass is 32.2. The molecule has 6 rings (SSSR count). The van der Waals surface area contributed by atoms with Crippen LogP contribution in [0, 0.1) is 23.0 Å². The van der Waals surface area contributed by atoms with Crippen LogP contribution in [0.5, 0.6) is 0 Å². The van der Waals surface area contributed by atoms with Crippen molar-refractivity contribution in [2.24, 2.45) is 16.5 Å². The molecule has 1 unspecified atom stereocenters. The second-order valence-electron chi connectivity index (χ2n) is 12.2. The number of hydrogen-bond acceptors (Lipinski definition) is 6. The van der Waals surface area contributed by atoms with Crippen LogP contribution in [0.4, 0.5) is 8.78 Å². The number of allylic oxidation sites excluding steroid dienone is 2. The van der Waals surface area contributed by atoms with Crippen molar-refractivity contribution in [3.8, 4) is 16.4 Å². The van der Waals surface area contributed by atoms with E-state index in [1.807, 2.05) is 6.07 Å². The van der Waals surface area contributed by atoms with Crippen LogP contribution >= 0.6 is 11.3 Å². The molecule has 0 amide bonds. The monoisotopic (exact) mass is 640 g/mol. The number of aromatic nitrogens is 3. The average molecular weight is 641 g/mol. The number of hydrogen-bond donors (Lipinski definition) is 2. The largest absolute Gasteiger partial charge is 0.870 e. The maximum absolute atomic E-state index is 15.3. The molecule has 1 fully saturated rings. The standard InChI is InChI=1S/C32H32F2N4O3S2.H2O/c1-32(2)11-9-20(10-12-32)22-16-21(6-7-24(22)33)29-23(13-19-5-8-28(43(35)41)25(34)14-19)27(15-18-3-4-18)38(37-29)31-36-26(17-42-31)30(39)40;/h5-9,14,16-18H,3-4,10-13,15H2,1-2H3,(H2,35,41)(H,39,40);1H2. The van der Waals surface area contributed by atoms with Crippen molar-refractivity contribution in [3.63, 3.8) is 0 Å². The second-order valence-corrected chi connectivity index (χ2v) is 14.2. The van der Waals surface area contributed by atoms with E-state index in [0.717, 1.165) is 48.9 Å². The van der Waals surface area contributed by atoms with Gasteiger partial charge in [-0.25, -0.2) is 23.2 Å². The number of rotatable bonds is 9. The Bertz CT molecular complexity index is 1790. The van der Waals surface area contributed by atoms with E-state index in [9.17, 15) is 18.5 Å². The predicted octanol–water partition coefficient (Wildman–Crippen LogP) is 6.86. The summed E-state index contributed by atoms with van der Waals surface area (Å²) < 4.78 is 43.6. The van der Waals surface area contributed by atoms with Gasteiger partial charge in [-0.1, -0.05) is 30.2 Å². The van der Waals surface area contributed by atoms with Gasteiger partial charge in [0.2, 0.25) is 10.0 Å². The zero-order valence-electron chi connectivity index (χ0n) is 24.4. The third-order valence-electron chi connectivity index (χ3n) is 8.35. The molecule has 2 aromatic carbocycles. The van der Waals surface area contributed by atoms with Gasteiger partial charge in [0.1, 0.15) is 5.82 Å². The lowest BCUT2D eigenvalue weighted by Gasteiger charge is -2.29. The topological polar surface area (TPSA) is 141 Å². The Morgan fingerprint density at radius 1 is 1.18 bits per heavy atom. The molecular formula is C32H34F2N4O4S2. The zero-order chi connectivity index (χ0) is 30.5. The summed E-state index contributed by atoms with van der Waals surface area (Å²) in [6.45, 7) is 4.42. The van der Waals surface area contributed by atoms with Crippen molar-refractivity contribution in [2.75, 3.05) is 0 Å². The highest BCUT2D eigenvalue weighted by Gasteiger charge is 2.30. The van der Waals surface area contributed by atoms with Crippen molar-refractivity contribution in [2.45, 2.75) is 63.7 Å². The first-order chi connectivity index (χ1) is 20.5. The Morgan fingerprint density at radius 3 is 2.57 bits per heavy atom. The van der Waals surface area contributed by atoms with Crippen molar-refractivity contribution in [1.82, 2.24) is 14.8 Å². The van der Waals surface area contributed by atoms with Crippen LogP contribution in [0.15, 0.2) is 52.7 Å². The Morgan fingerprint density at radius 2 is 1.95 bits per heavy atom. The SMILES string of the molecule is CC1(C)CC=C(c2cc(-c3nn(-c4nc(C(=O)O)cs4)c(CC4CC4)c3Cc3ccc([SH+](N)=O)c(F)c3)ccc2F)CC1.[OH-]. The summed E-state index contributed by atoms with van der Waals surface area (Å²) in [6, 6.07) is 9.50. The maximum Gasteiger partial charge on any atom is 0.355 e. The molecule has 2 aliphatic rings. The molecule has 0 radical (unpaired) electrons. The minimum atomic E-state index is -2.33. The lowest BCUT2D eigenvalue weighted by molar-refractivity contribution is 0.0691. The third kappa shape index (κ3) is 6.58. The zero-order valence-corrected chi connectivity index (χ0v) is 26.1. The molecule has 8 nitrogen and oxygen atoms in total. The molecule has 2 aliphatic carbocycles. The molecule has 232 valence electrons. The highest BCUT2D eigenvalue weighted by molar-refractivity contribution is 7.82. The van der Waals surface area contributed by atoms with E-state index in [4.69, 9.17) is 10.2 Å². The Kier molecular flexibility index (Phi) is 8.99. The van der Waals surface area contributed by atoms with Crippen molar-refractivity contribution >= 4 is 33.9 Å². The van der Waals surface area contributed by atoms with E-state index >= 15 is 4.39 Å². The molecule has 4 N–H and O–H groups in total.